The molecule has 132 valence electrons. The molecule has 0 spiro atoms. The summed E-state index contributed by atoms with van der Waals surface area (Å²) >= 11 is 5.87. The fourth-order valence-electron chi connectivity index (χ4n) is 2.39. The Morgan fingerprint density at radius 2 is 1.96 bits per heavy atom. The molecule has 0 fully saturated rings. The molecule has 3 rings (SSSR count). The molecule has 0 radical (unpaired) electrons. The molecule has 2 amide bonds. The second-order valence-corrected chi connectivity index (χ2v) is 5.90. The molecule has 3 N–H and O–H groups in total. The third-order valence-electron chi connectivity index (χ3n) is 3.70. The predicted molar refractivity (Wildman–Crippen MR) is 97.0 cm³/mol. The van der Waals surface area contributed by atoms with E-state index < -0.39 is 5.91 Å². The van der Waals surface area contributed by atoms with Gasteiger partial charge in [0.25, 0.3) is 5.56 Å². The number of benzene rings is 2. The molecular weight excluding hydrogens is 358 g/mol. The fourth-order valence-corrected chi connectivity index (χ4v) is 2.60. The van der Waals surface area contributed by atoms with Gasteiger partial charge in [0.05, 0.1) is 22.5 Å². The van der Waals surface area contributed by atoms with Crippen molar-refractivity contribution >= 4 is 40.0 Å². The zero-order valence-electron chi connectivity index (χ0n) is 13.5. The summed E-state index contributed by atoms with van der Waals surface area (Å²) in [6.07, 6.45) is 0.00145. The minimum Gasteiger partial charge on any atom is -0.366 e. The van der Waals surface area contributed by atoms with Crippen LogP contribution in [0, 0.1) is 0 Å². The number of anilines is 1. The minimum atomic E-state index is -0.691. The number of halogens is 1. The number of nitrogens with one attached hydrogen (secondary N) is 1. The number of carbonyl (C=O) groups is 2. The maximum Gasteiger partial charge on any atom is 0.277 e. The normalized spacial score (nSPS) is 10.7. The van der Waals surface area contributed by atoms with E-state index in [0.717, 1.165) is 4.68 Å². The first kappa shape index (κ1) is 17.6. The van der Waals surface area contributed by atoms with Gasteiger partial charge in [0.1, 0.15) is 5.52 Å². The molecule has 3 aromatic rings. The van der Waals surface area contributed by atoms with Crippen molar-refractivity contribution in [2.75, 3.05) is 5.32 Å². The summed E-state index contributed by atoms with van der Waals surface area (Å²) in [4.78, 5) is 35.7. The third-order valence-corrected chi connectivity index (χ3v) is 4.03. The highest BCUT2D eigenvalue weighted by atomic mass is 35.5. The number of aromatic nitrogens is 3. The topological polar surface area (TPSA) is 120 Å². The van der Waals surface area contributed by atoms with Crippen molar-refractivity contribution in [2.24, 2.45) is 5.73 Å². The van der Waals surface area contributed by atoms with Crippen molar-refractivity contribution in [3.05, 3.63) is 63.4 Å². The molecule has 9 heteroatoms. The van der Waals surface area contributed by atoms with Gasteiger partial charge in [-0.2, -0.15) is 0 Å². The summed E-state index contributed by atoms with van der Waals surface area (Å²) in [6, 6.07) is 11.3. The molecule has 0 saturated carbocycles. The molecule has 1 heterocycles. The van der Waals surface area contributed by atoms with Crippen LogP contribution in [0.3, 0.4) is 0 Å². The van der Waals surface area contributed by atoms with Crippen LogP contribution in [0.5, 0.6) is 0 Å². The molecule has 0 saturated heterocycles. The van der Waals surface area contributed by atoms with E-state index >= 15 is 0 Å². The lowest BCUT2D eigenvalue weighted by molar-refractivity contribution is -0.116. The Bertz CT molecular complexity index is 1060. The summed E-state index contributed by atoms with van der Waals surface area (Å²) in [7, 11) is 0. The summed E-state index contributed by atoms with van der Waals surface area (Å²) in [5, 5.41) is 11.1. The highest BCUT2D eigenvalue weighted by molar-refractivity contribution is 6.34. The van der Waals surface area contributed by atoms with E-state index in [0.29, 0.717) is 16.6 Å². The van der Waals surface area contributed by atoms with Gasteiger partial charge in [-0.25, -0.2) is 4.68 Å². The van der Waals surface area contributed by atoms with Crippen LogP contribution in [0.15, 0.2) is 47.3 Å². The Balaban J connectivity index is 1.70. The summed E-state index contributed by atoms with van der Waals surface area (Å²) < 4.78 is 1.14. The lowest BCUT2D eigenvalue weighted by atomic mass is 10.2. The van der Waals surface area contributed by atoms with Gasteiger partial charge in [-0.15, -0.1) is 5.10 Å². The Hall–Kier alpha value is -3.26. The molecule has 0 atom stereocenters. The Kier molecular flexibility index (Phi) is 4.94. The predicted octanol–water partition coefficient (Wildman–Crippen LogP) is 1.57. The molecule has 2 aromatic carbocycles. The van der Waals surface area contributed by atoms with E-state index in [1.54, 1.807) is 30.3 Å². The monoisotopic (exact) mass is 371 g/mol. The van der Waals surface area contributed by atoms with E-state index in [1.165, 1.54) is 12.1 Å². The number of nitrogens with two attached hydrogens (primary N) is 1. The van der Waals surface area contributed by atoms with Crippen LogP contribution in [-0.2, 0) is 11.3 Å². The molecule has 26 heavy (non-hydrogen) atoms. The van der Waals surface area contributed by atoms with Crippen molar-refractivity contribution in [3.63, 3.8) is 0 Å². The van der Waals surface area contributed by atoms with Crippen molar-refractivity contribution in [3.8, 4) is 0 Å². The van der Waals surface area contributed by atoms with Crippen LogP contribution < -0.4 is 16.6 Å². The molecule has 1 aromatic heterocycles. The number of amides is 2. The second kappa shape index (κ2) is 7.32. The van der Waals surface area contributed by atoms with Gasteiger partial charge < -0.3 is 11.1 Å². The number of nitrogens with zero attached hydrogens (tertiary/aromatic N) is 3. The first-order chi connectivity index (χ1) is 12.5. The van der Waals surface area contributed by atoms with E-state index in [2.05, 4.69) is 15.6 Å². The zero-order valence-corrected chi connectivity index (χ0v) is 14.2. The van der Waals surface area contributed by atoms with Crippen molar-refractivity contribution in [1.82, 2.24) is 15.0 Å². The van der Waals surface area contributed by atoms with Gasteiger partial charge in [-0.05, 0) is 30.3 Å². The van der Waals surface area contributed by atoms with Crippen molar-refractivity contribution < 1.29 is 9.59 Å². The van der Waals surface area contributed by atoms with Crippen LogP contribution in [0.1, 0.15) is 16.8 Å². The highest BCUT2D eigenvalue weighted by Gasteiger charge is 2.11. The first-order valence-electron chi connectivity index (χ1n) is 7.67. The number of rotatable bonds is 5. The number of primary amides is 1. The molecule has 0 aliphatic carbocycles. The average molecular weight is 372 g/mol. The molecule has 0 unspecified atom stereocenters. The van der Waals surface area contributed by atoms with Gasteiger partial charge in [-0.1, -0.05) is 28.9 Å². The zero-order chi connectivity index (χ0) is 18.7. The lowest BCUT2D eigenvalue weighted by Crippen LogP contribution is -2.26. The quantitative estimate of drug-likeness (QED) is 0.705. The van der Waals surface area contributed by atoms with Gasteiger partial charge in [0, 0.05) is 12.1 Å². The van der Waals surface area contributed by atoms with Crippen LogP contribution >= 0.6 is 11.6 Å². The third kappa shape index (κ3) is 3.70. The molecule has 8 nitrogen and oxygen atoms in total. The van der Waals surface area contributed by atoms with E-state index in [1.807, 2.05) is 0 Å². The SMILES string of the molecule is NC(=O)c1cc(NC(=O)CCn2nnc3ccccc3c2=O)ccc1Cl. The van der Waals surface area contributed by atoms with Gasteiger partial charge in [0.15, 0.2) is 0 Å². The largest absolute Gasteiger partial charge is 0.366 e. The number of hydrogen-bond acceptors (Lipinski definition) is 5. The highest BCUT2D eigenvalue weighted by Crippen LogP contribution is 2.20. The van der Waals surface area contributed by atoms with E-state index in [9.17, 15) is 14.4 Å². The summed E-state index contributed by atoms with van der Waals surface area (Å²) in [6.45, 7) is 0.0682. The summed E-state index contributed by atoms with van der Waals surface area (Å²) in [5.74, 6) is -1.05. The maximum atomic E-state index is 12.3. The molecule has 0 bridgehead atoms. The first-order valence-corrected chi connectivity index (χ1v) is 8.05. The van der Waals surface area contributed by atoms with Crippen LogP contribution in [0.4, 0.5) is 5.69 Å². The van der Waals surface area contributed by atoms with E-state index in [4.69, 9.17) is 17.3 Å². The molecular formula is C17H14ClN5O3. The maximum absolute atomic E-state index is 12.3. The smallest absolute Gasteiger partial charge is 0.277 e. The Labute approximate surface area is 152 Å². The summed E-state index contributed by atoms with van der Waals surface area (Å²) in [5.41, 5.74) is 5.90. The Morgan fingerprint density at radius 1 is 1.19 bits per heavy atom. The second-order valence-electron chi connectivity index (χ2n) is 5.49. The average Bonchev–Trinajstić information content (AvgIpc) is 2.63. The number of carbonyl (C=O) groups excluding carboxylic acids is 2. The van der Waals surface area contributed by atoms with Gasteiger partial charge in [-0.3, -0.25) is 14.4 Å². The van der Waals surface area contributed by atoms with Gasteiger partial charge in [0.2, 0.25) is 11.8 Å². The van der Waals surface area contributed by atoms with Crippen molar-refractivity contribution in [1.29, 1.82) is 0 Å². The number of aryl methyl sites for hydroxylation is 1. The Morgan fingerprint density at radius 3 is 2.73 bits per heavy atom. The van der Waals surface area contributed by atoms with Crippen LogP contribution in [0.25, 0.3) is 10.9 Å². The van der Waals surface area contributed by atoms with Crippen molar-refractivity contribution in [2.45, 2.75) is 13.0 Å². The van der Waals surface area contributed by atoms with E-state index in [-0.39, 0.29) is 35.0 Å². The fraction of sp³-hybridized carbons (Fsp3) is 0.118. The number of hydrogen-bond donors (Lipinski definition) is 2. The molecule has 0 aliphatic rings. The standard InChI is InChI=1S/C17H14ClN5O3/c18-13-6-5-10(9-12(13)16(19)25)20-15(24)7-8-23-17(26)11-3-1-2-4-14(11)21-22-23/h1-6,9H,7-8H2,(H2,19,25)(H,20,24). The molecule has 0 aliphatic heterocycles. The lowest BCUT2D eigenvalue weighted by Gasteiger charge is -2.08. The minimum absolute atomic E-state index is 0.00145. The van der Waals surface area contributed by atoms with Crippen LogP contribution in [-0.4, -0.2) is 26.8 Å². The van der Waals surface area contributed by atoms with Gasteiger partial charge >= 0.3 is 0 Å². The van der Waals surface area contributed by atoms with Crippen LogP contribution in [0.2, 0.25) is 5.02 Å². The number of fused-ring (bicyclic) bond motifs is 1.